The summed E-state index contributed by atoms with van der Waals surface area (Å²) in [5.74, 6) is -0.204. The normalized spacial score (nSPS) is 17.6. The van der Waals surface area contributed by atoms with Gasteiger partial charge < -0.3 is 25.5 Å². The Morgan fingerprint density at radius 3 is 2.56 bits per heavy atom. The van der Waals surface area contributed by atoms with E-state index in [9.17, 15) is 20.1 Å². The highest BCUT2D eigenvalue weighted by Crippen LogP contribution is 2.40. The van der Waals surface area contributed by atoms with Gasteiger partial charge in [0, 0.05) is 35.9 Å². The van der Waals surface area contributed by atoms with Gasteiger partial charge in [-0.25, -0.2) is 0 Å². The zero-order valence-electron chi connectivity index (χ0n) is 19.9. The number of anilines is 3. The Hall–Kier alpha value is -2.73. The Bertz CT molecular complexity index is 1050. The quantitative estimate of drug-likeness (QED) is 0.376. The van der Waals surface area contributed by atoms with Gasteiger partial charge in [0.05, 0.1) is 29.4 Å². The number of hydrogen-bond acceptors (Lipinski definition) is 7. The Kier molecular flexibility index (Phi) is 8.13. The molecule has 8 heteroatoms. The van der Waals surface area contributed by atoms with E-state index in [1.165, 1.54) is 0 Å². The molecule has 2 aromatic rings. The fourth-order valence-electron chi connectivity index (χ4n) is 4.40. The van der Waals surface area contributed by atoms with Gasteiger partial charge in [-0.2, -0.15) is 5.26 Å². The summed E-state index contributed by atoms with van der Waals surface area (Å²) in [6.45, 7) is 6.66. The van der Waals surface area contributed by atoms with Gasteiger partial charge in [0.2, 0.25) is 5.12 Å². The molecule has 0 spiro atoms. The molecule has 0 aromatic heterocycles. The van der Waals surface area contributed by atoms with Crippen LogP contribution in [0.1, 0.15) is 57.6 Å². The molecule has 7 nitrogen and oxygen atoms in total. The van der Waals surface area contributed by atoms with Crippen molar-refractivity contribution in [1.82, 2.24) is 0 Å². The van der Waals surface area contributed by atoms with E-state index < -0.39 is 16.5 Å². The lowest BCUT2D eigenvalue weighted by molar-refractivity contribution is -0.138. The Labute approximate surface area is 205 Å². The summed E-state index contributed by atoms with van der Waals surface area (Å²) < 4.78 is 0. The molecular weight excluding hydrogens is 450 g/mol. The van der Waals surface area contributed by atoms with E-state index in [4.69, 9.17) is 5.26 Å². The van der Waals surface area contributed by atoms with Gasteiger partial charge >= 0.3 is 5.97 Å². The second kappa shape index (κ2) is 10.7. The van der Waals surface area contributed by atoms with E-state index in [2.05, 4.69) is 23.2 Å². The van der Waals surface area contributed by atoms with Crippen molar-refractivity contribution in [2.75, 3.05) is 22.5 Å². The van der Waals surface area contributed by atoms with Crippen molar-refractivity contribution in [2.45, 2.75) is 63.0 Å². The van der Waals surface area contributed by atoms with Crippen LogP contribution in [0.4, 0.5) is 17.1 Å². The number of nitrogens with one attached hydrogen (secondary N) is 1. The summed E-state index contributed by atoms with van der Waals surface area (Å²) >= 11 is 1.16. The predicted molar refractivity (Wildman–Crippen MR) is 136 cm³/mol. The molecule has 1 fully saturated rings. The lowest BCUT2D eigenvalue weighted by Gasteiger charge is -2.41. The largest absolute Gasteiger partial charge is 0.481 e. The molecule has 1 unspecified atom stereocenters. The molecular formula is C26H33N3O4S. The number of nitriles is 1. The summed E-state index contributed by atoms with van der Waals surface area (Å²) in [6.07, 6.45) is 1.95. The fraction of sp³-hybridized carbons (Fsp3) is 0.462. The van der Waals surface area contributed by atoms with E-state index in [-0.39, 0.29) is 18.9 Å². The van der Waals surface area contributed by atoms with Crippen molar-refractivity contribution < 1.29 is 20.1 Å². The number of benzene rings is 2. The summed E-state index contributed by atoms with van der Waals surface area (Å²) in [7, 11) is 0. The topological polar surface area (TPSA) is 117 Å². The van der Waals surface area contributed by atoms with Crippen LogP contribution >= 0.6 is 11.8 Å². The average molecular weight is 484 g/mol. The number of nitrogens with zero attached hydrogens (tertiary/aromatic N) is 2. The fourth-order valence-corrected chi connectivity index (χ4v) is 5.43. The number of hydrogen-bond donors (Lipinski definition) is 4. The van der Waals surface area contributed by atoms with Crippen LogP contribution in [-0.2, 0) is 10.2 Å². The molecule has 4 N–H and O–H groups in total. The van der Waals surface area contributed by atoms with E-state index >= 15 is 0 Å². The number of carboxylic acids is 1. The average Bonchev–Trinajstić information content (AvgIpc) is 2.76. The molecule has 0 saturated carbocycles. The number of thioether (sulfide) groups is 1. The molecule has 1 heterocycles. The summed E-state index contributed by atoms with van der Waals surface area (Å²) in [5.41, 5.74) is 3.43. The van der Waals surface area contributed by atoms with Gasteiger partial charge in [0.15, 0.2) is 0 Å². The van der Waals surface area contributed by atoms with Gasteiger partial charge in [-0.05, 0) is 54.8 Å². The van der Waals surface area contributed by atoms with Crippen LogP contribution in [0, 0.1) is 11.3 Å². The summed E-state index contributed by atoms with van der Waals surface area (Å²) in [4.78, 5) is 13.7. The van der Waals surface area contributed by atoms with Crippen molar-refractivity contribution in [3.8, 4) is 6.07 Å². The van der Waals surface area contributed by atoms with E-state index in [1.807, 2.05) is 44.2 Å². The maximum absolute atomic E-state index is 11.5. The molecule has 0 bridgehead atoms. The van der Waals surface area contributed by atoms with Crippen molar-refractivity contribution in [3.63, 3.8) is 0 Å². The zero-order valence-corrected chi connectivity index (χ0v) is 20.7. The monoisotopic (exact) mass is 483 g/mol. The van der Waals surface area contributed by atoms with Gasteiger partial charge in [0.1, 0.15) is 0 Å². The van der Waals surface area contributed by atoms with Crippen molar-refractivity contribution >= 4 is 34.8 Å². The number of aliphatic carboxylic acids is 1. The standard InChI is InChI=1S/C26H33N3O4S/c1-4-12-29(21-11-13-34-26(32,33)15-21)23-10-7-19(25(2,3)16-24(30)31)14-22(23)28-20-8-5-18(17-27)6-9-20/h5-10,14,21,28,32-33H,4,11-13,15-16H2,1-3H3,(H,30,31). The second-order valence-electron chi connectivity index (χ2n) is 9.43. The van der Waals surface area contributed by atoms with Crippen molar-refractivity contribution in [1.29, 1.82) is 5.26 Å². The van der Waals surface area contributed by atoms with Crippen LogP contribution in [0.2, 0.25) is 0 Å². The molecule has 1 saturated heterocycles. The SMILES string of the molecule is CCCN(c1ccc(C(C)(C)CC(=O)O)cc1Nc1ccc(C#N)cc1)C1CCSC(O)(O)C1. The Morgan fingerprint density at radius 2 is 1.97 bits per heavy atom. The highest BCUT2D eigenvalue weighted by Gasteiger charge is 2.36. The number of aliphatic hydroxyl groups is 2. The van der Waals surface area contributed by atoms with Crippen molar-refractivity contribution in [2.24, 2.45) is 0 Å². The van der Waals surface area contributed by atoms with E-state index in [0.29, 0.717) is 11.3 Å². The minimum absolute atomic E-state index is 0.00127. The van der Waals surface area contributed by atoms with E-state index in [1.54, 1.807) is 12.1 Å². The third-order valence-electron chi connectivity index (χ3n) is 6.16. The minimum Gasteiger partial charge on any atom is -0.481 e. The lowest BCUT2D eigenvalue weighted by Crippen LogP contribution is -2.45. The van der Waals surface area contributed by atoms with Crippen LogP contribution in [0.25, 0.3) is 0 Å². The number of carbonyl (C=O) groups is 1. The molecule has 34 heavy (non-hydrogen) atoms. The first-order chi connectivity index (χ1) is 16.0. The maximum atomic E-state index is 11.5. The van der Waals surface area contributed by atoms with Crippen molar-refractivity contribution in [3.05, 3.63) is 53.6 Å². The van der Waals surface area contributed by atoms with Gasteiger partial charge in [-0.15, -0.1) is 0 Å². The number of carboxylic acid groups (broad SMARTS) is 1. The predicted octanol–water partition coefficient (Wildman–Crippen LogP) is 4.80. The third-order valence-corrected chi connectivity index (χ3v) is 7.23. The van der Waals surface area contributed by atoms with E-state index in [0.717, 1.165) is 53.8 Å². The number of rotatable bonds is 9. The minimum atomic E-state index is -1.75. The highest BCUT2D eigenvalue weighted by atomic mass is 32.2. The summed E-state index contributed by atoms with van der Waals surface area (Å²) in [5, 5.41) is 40.8. The van der Waals surface area contributed by atoms with Gasteiger partial charge in [0.25, 0.3) is 0 Å². The van der Waals surface area contributed by atoms with Crippen LogP contribution in [0.5, 0.6) is 0 Å². The Morgan fingerprint density at radius 1 is 1.26 bits per heavy atom. The van der Waals surface area contributed by atoms with Crippen LogP contribution in [0.15, 0.2) is 42.5 Å². The molecule has 0 aliphatic carbocycles. The molecule has 1 atom stereocenters. The molecule has 182 valence electrons. The first kappa shape index (κ1) is 25.9. The van der Waals surface area contributed by atoms with Crippen LogP contribution in [0.3, 0.4) is 0 Å². The first-order valence-corrected chi connectivity index (χ1v) is 12.5. The van der Waals surface area contributed by atoms with Gasteiger partial charge in [-0.3, -0.25) is 4.79 Å². The maximum Gasteiger partial charge on any atom is 0.304 e. The second-order valence-corrected chi connectivity index (χ2v) is 10.8. The molecule has 1 aliphatic heterocycles. The Balaban J connectivity index is 2.05. The van der Waals surface area contributed by atoms with Crippen LogP contribution in [-0.4, -0.2) is 44.7 Å². The molecule has 2 aromatic carbocycles. The molecule has 3 rings (SSSR count). The molecule has 0 radical (unpaired) electrons. The lowest BCUT2D eigenvalue weighted by atomic mass is 9.81. The van der Waals surface area contributed by atoms with Gasteiger partial charge in [-0.1, -0.05) is 38.6 Å². The smallest absolute Gasteiger partial charge is 0.304 e. The highest BCUT2D eigenvalue weighted by molar-refractivity contribution is 8.00. The third kappa shape index (κ3) is 6.44. The molecule has 0 amide bonds. The zero-order chi connectivity index (χ0) is 24.9. The summed E-state index contributed by atoms with van der Waals surface area (Å²) in [6, 6.07) is 15.2. The first-order valence-electron chi connectivity index (χ1n) is 11.5. The van der Waals surface area contributed by atoms with Crippen LogP contribution < -0.4 is 10.2 Å². The molecule has 1 aliphatic rings.